The van der Waals surface area contributed by atoms with Gasteiger partial charge in [-0.3, -0.25) is 0 Å². The Balaban J connectivity index is 3.37. The molecule has 7 heteroatoms. The maximum atomic E-state index is 13.9. The Bertz CT molecular complexity index is 561. The van der Waals surface area contributed by atoms with Crippen LogP contribution in [-0.4, -0.2) is 25.3 Å². The van der Waals surface area contributed by atoms with Crippen LogP contribution < -0.4 is 5.73 Å². The van der Waals surface area contributed by atoms with Crippen LogP contribution in [0.25, 0.3) is 0 Å². The van der Waals surface area contributed by atoms with Gasteiger partial charge in [-0.2, -0.15) is 4.31 Å². The maximum absolute atomic E-state index is 13.9. The summed E-state index contributed by atoms with van der Waals surface area (Å²) in [4.78, 5) is -0.379. The van der Waals surface area contributed by atoms with Crippen molar-refractivity contribution in [2.75, 3.05) is 12.3 Å². The van der Waals surface area contributed by atoms with Crippen LogP contribution >= 0.6 is 15.9 Å². The predicted molar refractivity (Wildman–Crippen MR) is 77.8 cm³/mol. The van der Waals surface area contributed by atoms with Gasteiger partial charge in [0.1, 0.15) is 10.7 Å². The van der Waals surface area contributed by atoms with Gasteiger partial charge in [0.2, 0.25) is 10.0 Å². The zero-order chi connectivity index (χ0) is 14.8. The first kappa shape index (κ1) is 16.4. The van der Waals surface area contributed by atoms with Gasteiger partial charge in [-0.1, -0.05) is 6.92 Å². The van der Waals surface area contributed by atoms with Gasteiger partial charge in [-0.15, -0.1) is 0 Å². The van der Waals surface area contributed by atoms with Gasteiger partial charge < -0.3 is 5.73 Å². The van der Waals surface area contributed by atoms with E-state index in [0.717, 1.165) is 12.1 Å². The zero-order valence-corrected chi connectivity index (χ0v) is 13.6. The summed E-state index contributed by atoms with van der Waals surface area (Å²) in [5, 5.41) is 0. The van der Waals surface area contributed by atoms with E-state index in [1.165, 1.54) is 4.31 Å². The van der Waals surface area contributed by atoms with Crippen LogP contribution in [0, 0.1) is 5.82 Å². The number of anilines is 1. The molecule has 1 rings (SSSR count). The molecule has 19 heavy (non-hydrogen) atoms. The molecule has 0 radical (unpaired) electrons. The first-order chi connectivity index (χ1) is 8.71. The van der Waals surface area contributed by atoms with Crippen molar-refractivity contribution in [3.05, 3.63) is 22.4 Å². The summed E-state index contributed by atoms with van der Waals surface area (Å²) in [7, 11) is -3.87. The van der Waals surface area contributed by atoms with Crippen LogP contribution in [0.2, 0.25) is 0 Å². The molecule has 108 valence electrons. The van der Waals surface area contributed by atoms with Gasteiger partial charge >= 0.3 is 0 Å². The van der Waals surface area contributed by atoms with Crippen LogP contribution in [0.4, 0.5) is 10.1 Å². The average molecular weight is 353 g/mol. The fourth-order valence-corrected chi connectivity index (χ4v) is 3.87. The Labute approximate surface area is 122 Å². The molecule has 0 aliphatic rings. The van der Waals surface area contributed by atoms with E-state index in [0.29, 0.717) is 17.4 Å². The van der Waals surface area contributed by atoms with E-state index < -0.39 is 15.8 Å². The van der Waals surface area contributed by atoms with Crippen LogP contribution in [0.15, 0.2) is 21.5 Å². The Morgan fingerprint density at radius 2 is 2.00 bits per heavy atom. The number of nitrogens with zero attached hydrogens (tertiary/aromatic N) is 1. The number of nitrogens with two attached hydrogens (primary N) is 1. The van der Waals surface area contributed by atoms with Crippen molar-refractivity contribution in [3.63, 3.8) is 0 Å². The van der Waals surface area contributed by atoms with Crippen LogP contribution in [0.1, 0.15) is 27.2 Å². The number of sulfonamides is 1. The number of nitrogen functional groups attached to an aromatic ring is 1. The number of hydrogen-bond acceptors (Lipinski definition) is 3. The molecule has 0 spiro atoms. The minimum Gasteiger partial charge on any atom is -0.398 e. The first-order valence-corrected chi connectivity index (χ1v) is 8.21. The second-order valence-corrected chi connectivity index (χ2v) is 7.23. The molecule has 0 fully saturated rings. The number of halogens is 2. The third-order valence-corrected chi connectivity index (χ3v) is 5.43. The quantitative estimate of drug-likeness (QED) is 0.828. The fourth-order valence-electron chi connectivity index (χ4n) is 1.75. The number of benzene rings is 1. The van der Waals surface area contributed by atoms with Gasteiger partial charge in [-0.25, -0.2) is 12.8 Å². The van der Waals surface area contributed by atoms with Gasteiger partial charge in [0.05, 0.1) is 0 Å². The summed E-state index contributed by atoms with van der Waals surface area (Å²) in [5.41, 5.74) is 5.83. The van der Waals surface area contributed by atoms with Crippen molar-refractivity contribution in [1.29, 1.82) is 0 Å². The third-order valence-electron chi connectivity index (χ3n) is 2.66. The monoisotopic (exact) mass is 352 g/mol. The van der Waals surface area contributed by atoms with Gasteiger partial charge in [-0.05, 0) is 48.3 Å². The SMILES string of the molecule is CCCN(C(C)C)S(=O)(=O)c1cc(N)c(Br)cc1F. The highest BCUT2D eigenvalue weighted by Crippen LogP contribution is 2.28. The van der Waals surface area contributed by atoms with Gasteiger partial charge in [0.15, 0.2) is 0 Å². The van der Waals surface area contributed by atoms with E-state index in [1.54, 1.807) is 13.8 Å². The molecule has 0 aromatic heterocycles. The standard InChI is InChI=1S/C12H18BrFN2O2S/c1-4-5-16(8(2)3)19(17,18)12-7-11(15)9(13)6-10(12)14/h6-8H,4-5,15H2,1-3H3. The Hall–Kier alpha value is -0.660. The fraction of sp³-hybridized carbons (Fsp3) is 0.500. The largest absolute Gasteiger partial charge is 0.398 e. The van der Waals surface area contributed by atoms with Crippen molar-refractivity contribution in [2.24, 2.45) is 0 Å². The van der Waals surface area contributed by atoms with E-state index in [-0.39, 0.29) is 16.6 Å². The molecule has 0 atom stereocenters. The molecule has 0 aliphatic heterocycles. The summed E-state index contributed by atoms with van der Waals surface area (Å²) in [6.07, 6.45) is 0.658. The lowest BCUT2D eigenvalue weighted by Crippen LogP contribution is -2.37. The smallest absolute Gasteiger partial charge is 0.246 e. The highest BCUT2D eigenvalue weighted by Gasteiger charge is 2.29. The minimum absolute atomic E-state index is 0.195. The van der Waals surface area contributed by atoms with E-state index in [9.17, 15) is 12.8 Å². The molecule has 0 amide bonds. The average Bonchev–Trinajstić information content (AvgIpc) is 2.29. The van der Waals surface area contributed by atoms with Crippen molar-refractivity contribution in [3.8, 4) is 0 Å². The Morgan fingerprint density at radius 3 is 2.47 bits per heavy atom. The van der Waals surface area contributed by atoms with Gasteiger partial charge in [0, 0.05) is 22.7 Å². The zero-order valence-electron chi connectivity index (χ0n) is 11.2. The maximum Gasteiger partial charge on any atom is 0.246 e. The molecule has 1 aromatic rings. The lowest BCUT2D eigenvalue weighted by Gasteiger charge is -2.25. The lowest BCUT2D eigenvalue weighted by atomic mass is 10.3. The molecule has 0 aliphatic carbocycles. The van der Waals surface area contributed by atoms with Gasteiger partial charge in [0.25, 0.3) is 0 Å². The van der Waals surface area contributed by atoms with Crippen molar-refractivity contribution in [2.45, 2.75) is 38.1 Å². The Morgan fingerprint density at radius 1 is 1.42 bits per heavy atom. The first-order valence-electron chi connectivity index (χ1n) is 5.98. The number of hydrogen-bond donors (Lipinski definition) is 1. The van der Waals surface area contributed by atoms with E-state index in [1.807, 2.05) is 6.92 Å². The molecule has 0 unspecified atom stereocenters. The minimum atomic E-state index is -3.87. The number of rotatable bonds is 5. The van der Waals surface area contributed by atoms with Crippen LogP contribution in [-0.2, 0) is 10.0 Å². The van der Waals surface area contributed by atoms with Crippen LogP contribution in [0.3, 0.4) is 0 Å². The molecule has 2 N–H and O–H groups in total. The second-order valence-electron chi connectivity index (χ2n) is 4.51. The van der Waals surface area contributed by atoms with E-state index in [4.69, 9.17) is 5.73 Å². The van der Waals surface area contributed by atoms with Crippen molar-refractivity contribution < 1.29 is 12.8 Å². The normalized spacial score (nSPS) is 12.4. The predicted octanol–water partition coefficient (Wildman–Crippen LogP) is 2.98. The molecular formula is C12H18BrFN2O2S. The third kappa shape index (κ3) is 3.46. The summed E-state index contributed by atoms with van der Waals surface area (Å²) < 4.78 is 40.4. The highest BCUT2D eigenvalue weighted by molar-refractivity contribution is 9.10. The molecule has 0 heterocycles. The summed E-state index contributed by atoms with van der Waals surface area (Å²) in [6.45, 7) is 5.73. The topological polar surface area (TPSA) is 63.4 Å². The Kier molecular flexibility index (Phi) is 5.34. The molecule has 0 saturated carbocycles. The molecular weight excluding hydrogens is 335 g/mol. The summed E-state index contributed by atoms with van der Waals surface area (Å²) in [6, 6.07) is 1.99. The van der Waals surface area contributed by atoms with E-state index >= 15 is 0 Å². The van der Waals surface area contributed by atoms with Crippen molar-refractivity contribution >= 4 is 31.6 Å². The second kappa shape index (κ2) is 6.19. The molecule has 0 bridgehead atoms. The highest BCUT2D eigenvalue weighted by atomic mass is 79.9. The van der Waals surface area contributed by atoms with Crippen molar-refractivity contribution in [1.82, 2.24) is 4.31 Å². The summed E-state index contributed by atoms with van der Waals surface area (Å²) in [5.74, 6) is -0.803. The molecule has 4 nitrogen and oxygen atoms in total. The molecule has 0 saturated heterocycles. The van der Waals surface area contributed by atoms with Crippen LogP contribution in [0.5, 0.6) is 0 Å². The molecule has 1 aromatic carbocycles. The summed E-state index contributed by atoms with van der Waals surface area (Å²) >= 11 is 3.07. The lowest BCUT2D eigenvalue weighted by molar-refractivity contribution is 0.352. The van der Waals surface area contributed by atoms with E-state index in [2.05, 4.69) is 15.9 Å².